The van der Waals surface area contributed by atoms with Crippen molar-refractivity contribution in [2.24, 2.45) is 0 Å². The second-order valence-corrected chi connectivity index (χ2v) is 4.09. The number of nitrogens with zero attached hydrogens (tertiary/aromatic N) is 1. The fraction of sp³-hybridized carbons (Fsp3) is 0.800. The minimum Gasteiger partial charge on any atom is -0.341 e. The van der Waals surface area contributed by atoms with Crippen molar-refractivity contribution in [1.29, 1.82) is 0 Å². The summed E-state index contributed by atoms with van der Waals surface area (Å²) in [6.45, 7) is 6.42. The zero-order valence-corrected chi connectivity index (χ0v) is 10.0. The molecule has 2 atom stereocenters. The minimum atomic E-state index is -0.458. The van der Waals surface area contributed by atoms with E-state index in [1.54, 1.807) is 0 Å². The van der Waals surface area contributed by atoms with Crippen molar-refractivity contribution in [3.63, 3.8) is 0 Å². The third-order valence-electron chi connectivity index (χ3n) is 2.79. The van der Waals surface area contributed by atoms with Crippen LogP contribution >= 0.6 is 0 Å². The van der Waals surface area contributed by atoms with Crippen LogP contribution in [0.15, 0.2) is 0 Å². The molecule has 1 unspecified atom stereocenters. The number of amides is 3. The van der Waals surface area contributed by atoms with Crippen LogP contribution in [0.1, 0.15) is 13.8 Å². The molecule has 6 heteroatoms. The highest BCUT2D eigenvalue weighted by Gasteiger charge is 2.25. The Morgan fingerprint density at radius 3 is 2.75 bits per heavy atom. The lowest BCUT2D eigenvalue weighted by Gasteiger charge is -2.35. The number of piperazine rings is 1. The Bertz CT molecular complexity index is 270. The van der Waals surface area contributed by atoms with Gasteiger partial charge in [0.15, 0.2) is 0 Å². The highest BCUT2D eigenvalue weighted by molar-refractivity contribution is 5.96. The lowest BCUT2D eigenvalue weighted by Crippen LogP contribution is -2.56. The Kier molecular flexibility index (Phi) is 4.70. The van der Waals surface area contributed by atoms with Crippen molar-refractivity contribution in [3.05, 3.63) is 0 Å². The number of rotatable bonds is 2. The van der Waals surface area contributed by atoms with E-state index in [9.17, 15) is 9.59 Å². The van der Waals surface area contributed by atoms with Crippen molar-refractivity contribution in [3.8, 4) is 0 Å². The first-order valence-electron chi connectivity index (χ1n) is 5.54. The molecular weight excluding hydrogens is 208 g/mol. The molecule has 1 heterocycles. The number of urea groups is 1. The highest BCUT2D eigenvalue weighted by atomic mass is 16.2. The van der Waals surface area contributed by atoms with Gasteiger partial charge in [-0.25, -0.2) is 4.79 Å². The summed E-state index contributed by atoms with van der Waals surface area (Å²) in [7, 11) is 1.49. The lowest BCUT2D eigenvalue weighted by molar-refractivity contribution is -0.125. The van der Waals surface area contributed by atoms with E-state index in [1.165, 1.54) is 7.05 Å². The zero-order chi connectivity index (χ0) is 12.1. The Balaban J connectivity index is 2.46. The van der Waals surface area contributed by atoms with E-state index >= 15 is 0 Å². The fourth-order valence-electron chi connectivity index (χ4n) is 1.76. The fourth-order valence-corrected chi connectivity index (χ4v) is 1.76. The molecule has 1 aliphatic heterocycles. The van der Waals surface area contributed by atoms with Gasteiger partial charge in [0.05, 0.1) is 6.04 Å². The smallest absolute Gasteiger partial charge is 0.321 e. The molecule has 1 fully saturated rings. The first kappa shape index (κ1) is 12.9. The molecule has 0 aromatic heterocycles. The first-order valence-corrected chi connectivity index (χ1v) is 5.54. The van der Waals surface area contributed by atoms with Crippen LogP contribution < -0.4 is 16.0 Å². The van der Waals surface area contributed by atoms with Gasteiger partial charge in [-0.1, -0.05) is 0 Å². The van der Waals surface area contributed by atoms with Crippen molar-refractivity contribution >= 4 is 11.9 Å². The van der Waals surface area contributed by atoms with E-state index in [1.807, 2.05) is 6.92 Å². The van der Waals surface area contributed by atoms with Crippen LogP contribution in [0.25, 0.3) is 0 Å². The van der Waals surface area contributed by atoms with Crippen LogP contribution in [-0.2, 0) is 4.79 Å². The summed E-state index contributed by atoms with van der Waals surface area (Å²) in [5.74, 6) is -0.256. The van der Waals surface area contributed by atoms with Crippen LogP contribution in [0.2, 0.25) is 0 Å². The number of imide groups is 1. The Hall–Kier alpha value is -1.14. The average molecular weight is 228 g/mol. The van der Waals surface area contributed by atoms with Gasteiger partial charge in [-0.05, 0) is 13.8 Å². The third-order valence-corrected chi connectivity index (χ3v) is 2.79. The molecule has 0 saturated carbocycles. The van der Waals surface area contributed by atoms with Crippen molar-refractivity contribution in [2.75, 3.05) is 26.7 Å². The summed E-state index contributed by atoms with van der Waals surface area (Å²) in [5.41, 5.74) is 0. The normalized spacial score (nSPS) is 23.6. The van der Waals surface area contributed by atoms with Crippen LogP contribution in [0.3, 0.4) is 0 Å². The molecule has 6 nitrogen and oxygen atoms in total. The molecule has 0 aromatic rings. The molecule has 3 amide bonds. The molecule has 1 aliphatic rings. The predicted octanol–water partition coefficient (Wildman–Crippen LogP) is -0.876. The van der Waals surface area contributed by atoms with E-state index in [0.717, 1.165) is 19.6 Å². The maximum Gasteiger partial charge on any atom is 0.321 e. The number of carbonyl (C=O) groups is 2. The molecule has 0 spiro atoms. The van der Waals surface area contributed by atoms with Gasteiger partial charge in [0.1, 0.15) is 0 Å². The van der Waals surface area contributed by atoms with Gasteiger partial charge in [-0.3, -0.25) is 15.0 Å². The quantitative estimate of drug-likeness (QED) is 0.574. The molecule has 16 heavy (non-hydrogen) atoms. The van der Waals surface area contributed by atoms with Gasteiger partial charge in [-0.2, -0.15) is 0 Å². The van der Waals surface area contributed by atoms with E-state index in [2.05, 4.69) is 27.8 Å². The minimum absolute atomic E-state index is 0.256. The van der Waals surface area contributed by atoms with Gasteiger partial charge in [0, 0.05) is 32.7 Å². The average Bonchev–Trinajstić information content (AvgIpc) is 2.27. The van der Waals surface area contributed by atoms with Crippen LogP contribution in [0.5, 0.6) is 0 Å². The SMILES string of the molecule is CNC(=O)NC(=O)C(C)N1CCN[C@H](C)C1. The zero-order valence-electron chi connectivity index (χ0n) is 10.0. The summed E-state index contributed by atoms with van der Waals surface area (Å²) < 4.78 is 0. The molecule has 0 bridgehead atoms. The van der Waals surface area contributed by atoms with Crippen LogP contribution in [0, 0.1) is 0 Å². The van der Waals surface area contributed by atoms with Crippen molar-refractivity contribution < 1.29 is 9.59 Å². The molecule has 0 aromatic carbocycles. The predicted molar refractivity (Wildman–Crippen MR) is 61.1 cm³/mol. The lowest BCUT2D eigenvalue weighted by atomic mass is 10.1. The Labute approximate surface area is 95.8 Å². The number of nitrogens with one attached hydrogen (secondary N) is 3. The van der Waals surface area contributed by atoms with Gasteiger partial charge in [0.2, 0.25) is 5.91 Å². The third kappa shape index (κ3) is 3.46. The van der Waals surface area contributed by atoms with E-state index < -0.39 is 6.03 Å². The van der Waals surface area contributed by atoms with Gasteiger partial charge >= 0.3 is 6.03 Å². The topological polar surface area (TPSA) is 73.5 Å². The summed E-state index contributed by atoms with van der Waals surface area (Å²) >= 11 is 0. The van der Waals surface area contributed by atoms with Crippen molar-refractivity contribution in [1.82, 2.24) is 20.9 Å². The van der Waals surface area contributed by atoms with Crippen molar-refractivity contribution in [2.45, 2.75) is 25.9 Å². The second kappa shape index (κ2) is 5.81. The molecule has 1 saturated heterocycles. The first-order chi connectivity index (χ1) is 7.54. The largest absolute Gasteiger partial charge is 0.341 e. The Morgan fingerprint density at radius 2 is 2.19 bits per heavy atom. The summed E-state index contributed by atoms with van der Waals surface area (Å²) in [5, 5.41) is 7.96. The standard InChI is InChI=1S/C10H20N4O2/c1-7-6-14(5-4-12-7)8(2)9(15)13-10(16)11-3/h7-8,12H,4-6H2,1-3H3,(H2,11,13,15,16)/t7-,8?/m1/s1. The van der Waals surface area contributed by atoms with Crippen LogP contribution in [0.4, 0.5) is 4.79 Å². The van der Waals surface area contributed by atoms with E-state index in [4.69, 9.17) is 0 Å². The molecule has 0 aliphatic carbocycles. The van der Waals surface area contributed by atoms with Crippen LogP contribution in [-0.4, -0.2) is 55.6 Å². The van der Waals surface area contributed by atoms with Gasteiger partial charge < -0.3 is 10.6 Å². The second-order valence-electron chi connectivity index (χ2n) is 4.09. The number of hydrogen-bond acceptors (Lipinski definition) is 4. The molecule has 1 rings (SSSR count). The molecule has 3 N–H and O–H groups in total. The highest BCUT2D eigenvalue weighted by Crippen LogP contribution is 2.04. The number of hydrogen-bond donors (Lipinski definition) is 3. The summed E-state index contributed by atoms with van der Waals surface area (Å²) in [6, 6.07) is -0.356. The summed E-state index contributed by atoms with van der Waals surface area (Å²) in [6.07, 6.45) is 0. The number of carbonyl (C=O) groups excluding carboxylic acids is 2. The maximum absolute atomic E-state index is 11.7. The molecular formula is C10H20N4O2. The van der Waals surface area contributed by atoms with Gasteiger partial charge in [-0.15, -0.1) is 0 Å². The van der Waals surface area contributed by atoms with Gasteiger partial charge in [0.25, 0.3) is 0 Å². The summed E-state index contributed by atoms with van der Waals surface area (Å²) in [4.78, 5) is 24.8. The monoisotopic (exact) mass is 228 g/mol. The molecule has 0 radical (unpaired) electrons. The Morgan fingerprint density at radius 1 is 1.50 bits per heavy atom. The van der Waals surface area contributed by atoms with E-state index in [0.29, 0.717) is 6.04 Å². The maximum atomic E-state index is 11.7. The molecule has 92 valence electrons. The van der Waals surface area contributed by atoms with E-state index in [-0.39, 0.29) is 11.9 Å².